The normalized spacial score (nSPS) is 17.9. The first kappa shape index (κ1) is 22.2. The van der Waals surface area contributed by atoms with Crippen LogP contribution in [0.25, 0.3) is 0 Å². The van der Waals surface area contributed by atoms with Gasteiger partial charge in [-0.15, -0.1) is 0 Å². The van der Waals surface area contributed by atoms with Crippen molar-refractivity contribution in [2.24, 2.45) is 11.8 Å². The Balaban J connectivity index is 1.71. The third-order valence-electron chi connectivity index (χ3n) is 5.28. The Bertz CT molecular complexity index is 993. The quantitative estimate of drug-likeness (QED) is 0.699. The van der Waals surface area contributed by atoms with E-state index >= 15 is 0 Å². The van der Waals surface area contributed by atoms with Crippen LogP contribution in [-0.4, -0.2) is 33.5 Å². The third-order valence-corrected chi connectivity index (χ3v) is 6.76. The lowest BCUT2D eigenvalue weighted by Crippen LogP contribution is -2.47. The maximum absolute atomic E-state index is 14.0. The molecule has 6 nitrogen and oxygen atoms in total. The van der Waals surface area contributed by atoms with Crippen LogP contribution in [0.3, 0.4) is 0 Å². The molecule has 162 valence electrons. The Morgan fingerprint density at radius 3 is 2.37 bits per heavy atom. The molecule has 1 heterocycles. The molecule has 2 atom stereocenters. The number of nitrogens with one attached hydrogen (secondary N) is 2. The van der Waals surface area contributed by atoms with E-state index in [4.69, 9.17) is 0 Å². The number of sulfonamides is 1. The lowest BCUT2D eigenvalue weighted by molar-refractivity contribution is -0.118. The zero-order valence-corrected chi connectivity index (χ0v) is 18.2. The van der Waals surface area contributed by atoms with Crippen LogP contribution in [0.4, 0.5) is 15.8 Å². The van der Waals surface area contributed by atoms with Gasteiger partial charge in [-0.25, -0.2) is 12.8 Å². The summed E-state index contributed by atoms with van der Waals surface area (Å²) in [5.74, 6) is -1.03. The van der Waals surface area contributed by atoms with Gasteiger partial charge in [0.2, 0.25) is 15.9 Å². The smallest absolute Gasteiger partial charge is 0.244 e. The highest BCUT2D eigenvalue weighted by Crippen LogP contribution is 2.25. The van der Waals surface area contributed by atoms with Crippen molar-refractivity contribution in [1.82, 2.24) is 4.72 Å². The van der Waals surface area contributed by atoms with Crippen LogP contribution in [0, 0.1) is 17.7 Å². The molecule has 1 fully saturated rings. The second kappa shape index (κ2) is 9.14. The van der Waals surface area contributed by atoms with Crippen molar-refractivity contribution in [3.05, 3.63) is 54.3 Å². The number of hydrogen-bond acceptors (Lipinski definition) is 4. The van der Waals surface area contributed by atoms with Gasteiger partial charge in [-0.1, -0.05) is 32.9 Å². The first-order valence-electron chi connectivity index (χ1n) is 10.1. The van der Waals surface area contributed by atoms with E-state index in [1.54, 1.807) is 26.0 Å². The number of amides is 1. The summed E-state index contributed by atoms with van der Waals surface area (Å²) in [4.78, 5) is 14.6. The van der Waals surface area contributed by atoms with Crippen LogP contribution < -0.4 is 14.9 Å². The molecule has 0 spiro atoms. The minimum Gasteiger partial charge on any atom is -0.371 e. The highest BCUT2D eigenvalue weighted by Gasteiger charge is 2.30. The zero-order chi connectivity index (χ0) is 21.9. The predicted octanol–water partition coefficient (Wildman–Crippen LogP) is 3.61. The van der Waals surface area contributed by atoms with Crippen molar-refractivity contribution in [2.45, 2.75) is 38.1 Å². The van der Waals surface area contributed by atoms with Crippen molar-refractivity contribution in [1.29, 1.82) is 0 Å². The lowest BCUT2D eigenvalue weighted by atomic mass is 10.0. The van der Waals surface area contributed by atoms with E-state index in [2.05, 4.69) is 21.9 Å². The van der Waals surface area contributed by atoms with E-state index in [-0.39, 0.29) is 5.92 Å². The van der Waals surface area contributed by atoms with Crippen molar-refractivity contribution in [3.63, 3.8) is 0 Å². The Hall–Kier alpha value is -2.45. The van der Waals surface area contributed by atoms with Gasteiger partial charge in [-0.2, -0.15) is 4.72 Å². The van der Waals surface area contributed by atoms with E-state index in [1.807, 2.05) is 12.1 Å². The summed E-state index contributed by atoms with van der Waals surface area (Å²) >= 11 is 0. The van der Waals surface area contributed by atoms with Crippen LogP contribution in [0.2, 0.25) is 0 Å². The molecule has 1 aliphatic rings. The first-order chi connectivity index (χ1) is 14.2. The van der Waals surface area contributed by atoms with E-state index < -0.39 is 32.7 Å². The molecule has 0 saturated carbocycles. The van der Waals surface area contributed by atoms with Gasteiger partial charge in [-0.05, 0) is 54.7 Å². The largest absolute Gasteiger partial charge is 0.371 e. The average molecular weight is 434 g/mol. The monoisotopic (exact) mass is 433 g/mol. The highest BCUT2D eigenvalue weighted by atomic mass is 32.2. The van der Waals surface area contributed by atoms with Gasteiger partial charge in [-0.3, -0.25) is 4.79 Å². The molecule has 0 aromatic heterocycles. The number of nitrogens with zero attached hydrogens (tertiary/aromatic N) is 1. The molecule has 1 amide bonds. The molecular formula is C22H28FN3O3S. The molecule has 0 aliphatic carbocycles. The summed E-state index contributed by atoms with van der Waals surface area (Å²) < 4.78 is 41.5. The minimum absolute atomic E-state index is 0.336. The molecule has 2 N–H and O–H groups in total. The number of carbonyl (C=O) groups excluding carboxylic acids is 1. The summed E-state index contributed by atoms with van der Waals surface area (Å²) in [6.45, 7) is 7.71. The molecule has 1 aliphatic heterocycles. The number of hydrogen-bond donors (Lipinski definition) is 2. The maximum atomic E-state index is 14.0. The van der Waals surface area contributed by atoms with Gasteiger partial charge >= 0.3 is 0 Å². The van der Waals surface area contributed by atoms with E-state index in [1.165, 1.54) is 18.2 Å². The van der Waals surface area contributed by atoms with Gasteiger partial charge in [0, 0.05) is 24.5 Å². The molecule has 0 bridgehead atoms. The number of halogens is 1. The van der Waals surface area contributed by atoms with Crippen LogP contribution >= 0.6 is 0 Å². The van der Waals surface area contributed by atoms with Crippen LogP contribution in [-0.2, 0) is 14.8 Å². The Morgan fingerprint density at radius 1 is 1.13 bits per heavy atom. The van der Waals surface area contributed by atoms with Crippen LogP contribution in [0.1, 0.15) is 27.2 Å². The molecule has 1 saturated heterocycles. The topological polar surface area (TPSA) is 78.5 Å². The summed E-state index contributed by atoms with van der Waals surface area (Å²) in [5.41, 5.74) is 1.67. The summed E-state index contributed by atoms with van der Waals surface area (Å²) in [5, 5.41) is 2.76. The molecule has 3 rings (SSSR count). The number of benzene rings is 2. The van der Waals surface area contributed by atoms with E-state index in [9.17, 15) is 17.6 Å². The standard InChI is InChI=1S/C22H28FN3O3S/c1-15(2)21(25-30(28,29)20-7-5-4-6-19(20)23)22(27)24-17-8-10-18(11-9-17)26-13-12-16(3)14-26/h4-11,15-16,21,25H,12-14H2,1-3H3,(H,24,27)/t16?,21-/m0/s1. The summed E-state index contributed by atoms with van der Waals surface area (Å²) in [7, 11) is -4.19. The molecule has 8 heteroatoms. The van der Waals surface area contributed by atoms with Crippen molar-refractivity contribution >= 4 is 27.3 Å². The molecule has 2 aromatic carbocycles. The minimum atomic E-state index is -4.19. The molecule has 0 radical (unpaired) electrons. The predicted molar refractivity (Wildman–Crippen MR) is 116 cm³/mol. The van der Waals surface area contributed by atoms with E-state index in [0.717, 1.165) is 31.3 Å². The second-order valence-electron chi connectivity index (χ2n) is 8.15. The van der Waals surface area contributed by atoms with Gasteiger partial charge in [0.15, 0.2) is 0 Å². The Labute approximate surface area is 177 Å². The van der Waals surface area contributed by atoms with Gasteiger partial charge < -0.3 is 10.2 Å². The third kappa shape index (κ3) is 5.17. The van der Waals surface area contributed by atoms with Crippen molar-refractivity contribution in [2.75, 3.05) is 23.3 Å². The van der Waals surface area contributed by atoms with Crippen molar-refractivity contribution in [3.8, 4) is 0 Å². The van der Waals surface area contributed by atoms with E-state index in [0.29, 0.717) is 11.6 Å². The van der Waals surface area contributed by atoms with Gasteiger partial charge in [0.1, 0.15) is 16.8 Å². The van der Waals surface area contributed by atoms with Gasteiger partial charge in [0.05, 0.1) is 0 Å². The number of rotatable bonds is 7. The summed E-state index contributed by atoms with van der Waals surface area (Å²) in [6, 6.07) is 11.5. The van der Waals surface area contributed by atoms with Gasteiger partial charge in [0.25, 0.3) is 0 Å². The highest BCUT2D eigenvalue weighted by molar-refractivity contribution is 7.89. The SMILES string of the molecule is CC1CCN(c2ccc(NC(=O)[C@@H](NS(=O)(=O)c3ccccc3F)C(C)C)cc2)C1. The lowest BCUT2D eigenvalue weighted by Gasteiger charge is -2.22. The average Bonchev–Trinajstić information content (AvgIpc) is 3.13. The molecule has 30 heavy (non-hydrogen) atoms. The second-order valence-corrected chi connectivity index (χ2v) is 9.83. The fourth-order valence-corrected chi connectivity index (χ4v) is 4.95. The fraction of sp³-hybridized carbons (Fsp3) is 0.409. The Morgan fingerprint density at radius 2 is 1.80 bits per heavy atom. The first-order valence-corrected chi connectivity index (χ1v) is 11.6. The fourth-order valence-electron chi connectivity index (χ4n) is 3.53. The maximum Gasteiger partial charge on any atom is 0.244 e. The molecule has 2 aromatic rings. The number of carbonyl (C=O) groups is 1. The van der Waals surface area contributed by atoms with Crippen molar-refractivity contribution < 1.29 is 17.6 Å². The molecular weight excluding hydrogens is 405 g/mol. The Kier molecular flexibility index (Phi) is 6.77. The van der Waals surface area contributed by atoms with Crippen LogP contribution in [0.15, 0.2) is 53.4 Å². The summed E-state index contributed by atoms with van der Waals surface area (Å²) in [6.07, 6.45) is 1.16. The zero-order valence-electron chi connectivity index (χ0n) is 17.4. The molecule has 1 unspecified atom stereocenters. The number of anilines is 2. The van der Waals surface area contributed by atoms with Crippen LogP contribution in [0.5, 0.6) is 0 Å².